The fourth-order valence-corrected chi connectivity index (χ4v) is 5.52. The van der Waals surface area contributed by atoms with E-state index in [2.05, 4.69) is 24.8 Å². The molecule has 178 valence electrons. The molecule has 0 saturated carbocycles. The Hall–Kier alpha value is -3.28. The standard InChI is InChI=1S/C23H26N6O4S/c1-3-10-33-21-5-4-15(34(31,32)29-8-6-28(2)7-9-29)11-17(21)22-26-18-13-20-19(24-14-25-20)12-16(18)23(30)27-22/h4-5,11-14H,3,6-10H2,1-2H3,(H,24,25)(H,26,27,30). The van der Waals surface area contributed by atoms with E-state index in [0.29, 0.717) is 60.5 Å². The van der Waals surface area contributed by atoms with Gasteiger partial charge in [-0.15, -0.1) is 0 Å². The molecule has 0 amide bonds. The summed E-state index contributed by atoms with van der Waals surface area (Å²) < 4.78 is 34.1. The molecule has 10 nitrogen and oxygen atoms in total. The van der Waals surface area contributed by atoms with Crippen molar-refractivity contribution in [2.45, 2.75) is 18.2 Å². The van der Waals surface area contributed by atoms with Crippen molar-refractivity contribution in [1.29, 1.82) is 0 Å². The molecule has 3 heterocycles. The summed E-state index contributed by atoms with van der Waals surface area (Å²) in [7, 11) is -1.74. The van der Waals surface area contributed by atoms with Crippen LogP contribution in [0.4, 0.5) is 0 Å². The lowest BCUT2D eigenvalue weighted by atomic mass is 10.1. The van der Waals surface area contributed by atoms with E-state index in [-0.39, 0.29) is 16.3 Å². The minimum absolute atomic E-state index is 0.140. The molecule has 5 rings (SSSR count). The number of piperazine rings is 1. The lowest BCUT2D eigenvalue weighted by molar-refractivity contribution is 0.222. The molecule has 34 heavy (non-hydrogen) atoms. The molecular weight excluding hydrogens is 456 g/mol. The van der Waals surface area contributed by atoms with Gasteiger partial charge in [-0.05, 0) is 43.8 Å². The van der Waals surface area contributed by atoms with Crippen molar-refractivity contribution in [3.05, 3.63) is 47.0 Å². The van der Waals surface area contributed by atoms with E-state index in [9.17, 15) is 13.2 Å². The average Bonchev–Trinajstić information content (AvgIpc) is 3.29. The van der Waals surface area contributed by atoms with Crippen LogP contribution in [0.2, 0.25) is 0 Å². The number of hydrogen-bond donors (Lipinski definition) is 2. The third kappa shape index (κ3) is 4.06. The zero-order chi connectivity index (χ0) is 23.9. The zero-order valence-electron chi connectivity index (χ0n) is 19.0. The highest BCUT2D eigenvalue weighted by Gasteiger charge is 2.28. The molecule has 1 aliphatic heterocycles. The highest BCUT2D eigenvalue weighted by atomic mass is 32.2. The molecule has 11 heteroatoms. The number of fused-ring (bicyclic) bond motifs is 2. The molecule has 1 fully saturated rings. The molecule has 4 aromatic rings. The van der Waals surface area contributed by atoms with Crippen molar-refractivity contribution in [3.63, 3.8) is 0 Å². The predicted molar refractivity (Wildman–Crippen MR) is 129 cm³/mol. The van der Waals surface area contributed by atoms with Crippen molar-refractivity contribution in [1.82, 2.24) is 29.1 Å². The Balaban J connectivity index is 1.63. The lowest BCUT2D eigenvalue weighted by Gasteiger charge is -2.31. The fraction of sp³-hybridized carbons (Fsp3) is 0.348. The number of rotatable bonds is 6. The van der Waals surface area contributed by atoms with E-state index < -0.39 is 10.0 Å². The van der Waals surface area contributed by atoms with Crippen molar-refractivity contribution in [2.24, 2.45) is 0 Å². The van der Waals surface area contributed by atoms with Gasteiger partial charge in [-0.1, -0.05) is 6.92 Å². The summed E-state index contributed by atoms with van der Waals surface area (Å²) in [5, 5.41) is 0.415. The summed E-state index contributed by atoms with van der Waals surface area (Å²) in [6.07, 6.45) is 2.33. The molecule has 0 spiro atoms. The molecule has 1 aliphatic rings. The van der Waals surface area contributed by atoms with E-state index >= 15 is 0 Å². The Kier molecular flexibility index (Phi) is 5.84. The van der Waals surface area contributed by atoms with Gasteiger partial charge in [0.2, 0.25) is 10.0 Å². The quantitative estimate of drug-likeness (QED) is 0.432. The van der Waals surface area contributed by atoms with E-state index in [1.165, 1.54) is 10.4 Å². The van der Waals surface area contributed by atoms with Crippen LogP contribution in [0.25, 0.3) is 33.3 Å². The smallest absolute Gasteiger partial charge is 0.259 e. The predicted octanol–water partition coefficient (Wildman–Crippen LogP) is 2.19. The van der Waals surface area contributed by atoms with Gasteiger partial charge in [0.15, 0.2) is 0 Å². The van der Waals surface area contributed by atoms with Crippen LogP contribution in [0, 0.1) is 0 Å². The van der Waals surface area contributed by atoms with Crippen LogP contribution in [0.15, 0.2) is 46.3 Å². The van der Waals surface area contributed by atoms with E-state index in [1.807, 2.05) is 14.0 Å². The summed E-state index contributed by atoms with van der Waals surface area (Å²) in [4.78, 5) is 29.8. The maximum atomic E-state index is 13.4. The van der Waals surface area contributed by atoms with Crippen LogP contribution >= 0.6 is 0 Å². The first-order valence-corrected chi connectivity index (χ1v) is 12.6. The number of nitrogens with zero attached hydrogens (tertiary/aromatic N) is 4. The molecule has 0 radical (unpaired) electrons. The average molecular weight is 483 g/mol. The van der Waals surface area contributed by atoms with Gasteiger partial charge < -0.3 is 19.6 Å². The van der Waals surface area contributed by atoms with Crippen molar-refractivity contribution >= 4 is 32.0 Å². The molecule has 0 atom stereocenters. The number of likely N-dealkylation sites (N-methyl/N-ethyl adjacent to an activating group) is 1. The fourth-order valence-electron chi connectivity index (χ4n) is 4.07. The molecule has 0 aliphatic carbocycles. The van der Waals surface area contributed by atoms with Crippen LogP contribution in [0.5, 0.6) is 5.75 Å². The van der Waals surface area contributed by atoms with Crippen LogP contribution in [0.3, 0.4) is 0 Å². The summed E-state index contributed by atoms with van der Waals surface area (Å²) in [5.74, 6) is 0.705. The van der Waals surface area contributed by atoms with Crippen molar-refractivity contribution < 1.29 is 13.2 Å². The third-order valence-electron chi connectivity index (χ3n) is 6.01. The first-order valence-electron chi connectivity index (χ1n) is 11.2. The van der Waals surface area contributed by atoms with Crippen molar-refractivity contribution in [3.8, 4) is 17.1 Å². The zero-order valence-corrected chi connectivity index (χ0v) is 19.9. The molecule has 2 aromatic carbocycles. The second kappa shape index (κ2) is 8.82. The maximum Gasteiger partial charge on any atom is 0.259 e. The summed E-state index contributed by atoms with van der Waals surface area (Å²) in [5.41, 5.74) is 1.98. The topological polar surface area (TPSA) is 124 Å². The Morgan fingerprint density at radius 3 is 2.65 bits per heavy atom. The van der Waals surface area contributed by atoms with Crippen LogP contribution in [0.1, 0.15) is 13.3 Å². The number of hydrogen-bond acceptors (Lipinski definition) is 7. The molecule has 2 N–H and O–H groups in total. The number of benzene rings is 2. The number of ether oxygens (including phenoxy) is 1. The van der Waals surface area contributed by atoms with Crippen LogP contribution in [-0.4, -0.2) is 77.4 Å². The Labute approximate surface area is 196 Å². The van der Waals surface area contributed by atoms with E-state index in [0.717, 1.165) is 11.9 Å². The molecule has 1 saturated heterocycles. The summed E-state index contributed by atoms with van der Waals surface area (Å²) >= 11 is 0. The van der Waals surface area contributed by atoms with Gasteiger partial charge in [0.05, 0.1) is 45.3 Å². The number of aromatic nitrogens is 4. The largest absolute Gasteiger partial charge is 0.493 e. The van der Waals surface area contributed by atoms with E-state index in [1.54, 1.807) is 30.6 Å². The molecular formula is C23H26N6O4S. The van der Waals surface area contributed by atoms with Gasteiger partial charge in [0.25, 0.3) is 5.56 Å². The van der Waals surface area contributed by atoms with Gasteiger partial charge in [0.1, 0.15) is 11.6 Å². The third-order valence-corrected chi connectivity index (χ3v) is 7.91. The van der Waals surface area contributed by atoms with Gasteiger partial charge in [-0.2, -0.15) is 4.31 Å². The number of H-pyrrole nitrogens is 2. The van der Waals surface area contributed by atoms with Gasteiger partial charge in [-0.25, -0.2) is 18.4 Å². The minimum atomic E-state index is -3.71. The van der Waals surface area contributed by atoms with Crippen molar-refractivity contribution in [2.75, 3.05) is 39.8 Å². The highest BCUT2D eigenvalue weighted by Crippen LogP contribution is 2.32. The minimum Gasteiger partial charge on any atom is -0.493 e. The Morgan fingerprint density at radius 1 is 1.09 bits per heavy atom. The monoisotopic (exact) mass is 482 g/mol. The molecule has 2 aromatic heterocycles. The number of sulfonamides is 1. The lowest BCUT2D eigenvalue weighted by Crippen LogP contribution is -2.47. The van der Waals surface area contributed by atoms with E-state index in [4.69, 9.17) is 4.74 Å². The number of aromatic amines is 2. The maximum absolute atomic E-state index is 13.4. The highest BCUT2D eigenvalue weighted by molar-refractivity contribution is 7.89. The van der Waals surface area contributed by atoms with Gasteiger partial charge in [0, 0.05) is 26.2 Å². The SMILES string of the molecule is CCCOc1ccc(S(=O)(=O)N2CCN(C)CC2)cc1-c1nc2cc3nc[nH]c3cc2c(=O)[nH]1. The summed E-state index contributed by atoms with van der Waals surface area (Å²) in [6.45, 7) is 4.62. The van der Waals surface area contributed by atoms with Crippen LogP contribution < -0.4 is 10.3 Å². The molecule has 0 unspecified atom stereocenters. The Bertz CT molecular complexity index is 1520. The normalized spacial score (nSPS) is 15.8. The first kappa shape index (κ1) is 22.5. The number of nitrogens with one attached hydrogen (secondary N) is 2. The first-order chi connectivity index (χ1) is 16.4. The Morgan fingerprint density at radius 2 is 1.88 bits per heavy atom. The number of imidazole rings is 1. The second-order valence-electron chi connectivity index (χ2n) is 8.42. The summed E-state index contributed by atoms with van der Waals surface area (Å²) in [6, 6.07) is 8.16. The second-order valence-corrected chi connectivity index (χ2v) is 10.4. The molecule has 0 bridgehead atoms. The van der Waals surface area contributed by atoms with Crippen LogP contribution in [-0.2, 0) is 10.0 Å². The van der Waals surface area contributed by atoms with Gasteiger partial charge in [-0.3, -0.25) is 4.79 Å². The van der Waals surface area contributed by atoms with Gasteiger partial charge >= 0.3 is 0 Å².